The van der Waals surface area contributed by atoms with Crippen molar-refractivity contribution in [3.05, 3.63) is 185 Å². The average Bonchev–Trinajstić information content (AvgIpc) is 3.15. The van der Waals surface area contributed by atoms with Gasteiger partial charge >= 0.3 is 0 Å². The second-order valence-corrected chi connectivity index (χ2v) is 17.1. The fourth-order valence-electron chi connectivity index (χ4n) is 8.26. The highest BCUT2D eigenvalue weighted by Gasteiger charge is 2.40. The van der Waals surface area contributed by atoms with Crippen LogP contribution in [0.15, 0.2) is 163 Å². The van der Waals surface area contributed by atoms with Gasteiger partial charge in [0.2, 0.25) is 6.71 Å². The number of benzene rings is 5. The second-order valence-electron chi connectivity index (χ2n) is 17.1. The molecular formula is C51H51BN2. The molecule has 54 heavy (non-hydrogen) atoms. The highest BCUT2D eigenvalue weighted by Crippen LogP contribution is 2.44. The lowest BCUT2D eigenvalue weighted by atomic mass is 9.33. The van der Waals surface area contributed by atoms with Gasteiger partial charge in [-0.2, -0.15) is 0 Å². The van der Waals surface area contributed by atoms with Crippen molar-refractivity contribution in [3.63, 3.8) is 0 Å². The molecule has 3 heteroatoms. The van der Waals surface area contributed by atoms with E-state index >= 15 is 0 Å². The Labute approximate surface area is 323 Å². The molecule has 5 aromatic carbocycles. The molecule has 0 fully saturated rings. The molecule has 1 N–H and O–H groups in total. The average molecular weight is 703 g/mol. The lowest BCUT2D eigenvalue weighted by molar-refractivity contribution is 0.520. The summed E-state index contributed by atoms with van der Waals surface area (Å²) in [7, 11) is 0. The van der Waals surface area contributed by atoms with Crippen molar-refractivity contribution in [1.82, 2.24) is 0 Å². The van der Waals surface area contributed by atoms with Gasteiger partial charge in [0.15, 0.2) is 0 Å². The van der Waals surface area contributed by atoms with Gasteiger partial charge in [-0.15, -0.1) is 0 Å². The van der Waals surface area contributed by atoms with E-state index in [0.717, 1.165) is 18.5 Å². The Bertz CT molecular complexity index is 2380. The van der Waals surface area contributed by atoms with E-state index in [4.69, 9.17) is 0 Å². The van der Waals surface area contributed by atoms with Crippen LogP contribution in [0.2, 0.25) is 0 Å². The third-order valence-electron chi connectivity index (χ3n) is 11.1. The molecule has 0 spiro atoms. The van der Waals surface area contributed by atoms with Crippen molar-refractivity contribution in [1.29, 1.82) is 0 Å². The summed E-state index contributed by atoms with van der Waals surface area (Å²) in [4.78, 5) is 2.61. The number of nitrogens with one attached hydrogen (secondary N) is 1. The molecule has 0 saturated carbocycles. The molecule has 5 aromatic rings. The summed E-state index contributed by atoms with van der Waals surface area (Å²) < 4.78 is 0. The maximum atomic E-state index is 3.84. The third kappa shape index (κ3) is 6.73. The highest BCUT2D eigenvalue weighted by atomic mass is 15.2. The molecule has 8 rings (SSSR count). The van der Waals surface area contributed by atoms with Crippen LogP contribution in [0.4, 0.5) is 17.1 Å². The molecule has 0 aromatic heterocycles. The van der Waals surface area contributed by atoms with Gasteiger partial charge in [-0.05, 0) is 99.3 Å². The molecule has 2 nitrogen and oxygen atoms in total. The van der Waals surface area contributed by atoms with E-state index in [9.17, 15) is 0 Å². The summed E-state index contributed by atoms with van der Waals surface area (Å²) in [5.41, 5.74) is 18.9. The van der Waals surface area contributed by atoms with Crippen LogP contribution in [-0.2, 0) is 5.41 Å². The Balaban J connectivity index is 1.39. The van der Waals surface area contributed by atoms with Gasteiger partial charge in [-0.1, -0.05) is 174 Å². The molecule has 0 radical (unpaired) electrons. The first-order valence-electron chi connectivity index (χ1n) is 19.5. The van der Waals surface area contributed by atoms with E-state index in [1.54, 1.807) is 0 Å². The first-order chi connectivity index (χ1) is 26.0. The Morgan fingerprint density at radius 1 is 0.667 bits per heavy atom. The number of fused-ring (bicyclic) bond motifs is 2. The van der Waals surface area contributed by atoms with Crippen LogP contribution in [0.1, 0.15) is 76.6 Å². The normalized spacial score (nSPS) is 17.7. The van der Waals surface area contributed by atoms with Gasteiger partial charge in [-0.3, -0.25) is 0 Å². The molecule has 0 unspecified atom stereocenters. The van der Waals surface area contributed by atoms with Crippen LogP contribution >= 0.6 is 0 Å². The smallest absolute Gasteiger partial charge is 0.249 e. The second kappa shape index (κ2) is 14.0. The standard InChI is InChI=1S/C51H51BN2/c1-35-30-38-32-39(50(2,3)4)26-28-41(34-53-45-24-16-14-22-42(45)36-18-10-8-11-19-36)52-44-29-27-40(51(5,6)7)33-47(44)54(48(31-35)49(38)52)46-25-17-15-23-43(46)37-20-12-9-13-21-37/h8-14,16,18-34,53H,15,17H2,1-7H3/b28-26-,39-32+,41-34-. The molecule has 3 aliphatic rings. The number of para-hydroxylation sites is 1. The van der Waals surface area contributed by atoms with Crippen LogP contribution < -0.4 is 21.1 Å². The molecular weight excluding hydrogens is 651 g/mol. The van der Waals surface area contributed by atoms with Gasteiger partial charge in [0.05, 0.1) is 0 Å². The number of nitrogens with zero attached hydrogens (tertiary/aromatic N) is 1. The van der Waals surface area contributed by atoms with E-state index in [2.05, 4.69) is 211 Å². The lowest BCUT2D eigenvalue weighted by Crippen LogP contribution is -2.53. The monoisotopic (exact) mass is 702 g/mol. The molecule has 0 atom stereocenters. The molecule has 0 saturated heterocycles. The number of hydrogen-bond acceptors (Lipinski definition) is 2. The Morgan fingerprint density at radius 2 is 1.35 bits per heavy atom. The summed E-state index contributed by atoms with van der Waals surface area (Å²) in [6.07, 6.45) is 16.4. The summed E-state index contributed by atoms with van der Waals surface area (Å²) in [5, 5.41) is 3.84. The summed E-state index contributed by atoms with van der Waals surface area (Å²) >= 11 is 0. The van der Waals surface area contributed by atoms with Crippen molar-refractivity contribution < 1.29 is 0 Å². The van der Waals surface area contributed by atoms with Crippen molar-refractivity contribution in [2.45, 2.75) is 66.7 Å². The Hall–Kier alpha value is -5.54. The molecule has 0 bridgehead atoms. The first kappa shape index (κ1) is 35.5. The van der Waals surface area contributed by atoms with Gasteiger partial charge in [0, 0.05) is 33.9 Å². The zero-order valence-corrected chi connectivity index (χ0v) is 32.9. The number of aryl methyl sites for hydroxylation is 1. The first-order valence-corrected chi connectivity index (χ1v) is 19.5. The fourth-order valence-corrected chi connectivity index (χ4v) is 8.26. The van der Waals surface area contributed by atoms with Gasteiger partial charge < -0.3 is 10.2 Å². The van der Waals surface area contributed by atoms with Crippen LogP contribution in [0.5, 0.6) is 0 Å². The van der Waals surface area contributed by atoms with Crippen molar-refractivity contribution in [2.75, 3.05) is 10.2 Å². The third-order valence-corrected chi connectivity index (χ3v) is 11.1. The van der Waals surface area contributed by atoms with Crippen molar-refractivity contribution in [3.8, 4) is 11.1 Å². The maximum Gasteiger partial charge on any atom is 0.249 e. The number of allylic oxidation sites excluding steroid dienone is 7. The summed E-state index contributed by atoms with van der Waals surface area (Å²) in [6, 6.07) is 42.4. The minimum absolute atomic E-state index is 0.00891. The minimum Gasteiger partial charge on any atom is -0.362 e. The van der Waals surface area contributed by atoms with Crippen LogP contribution in [-0.4, -0.2) is 6.71 Å². The number of hydrogen-bond donors (Lipinski definition) is 1. The number of anilines is 3. The fraction of sp³-hybridized carbons (Fsp3) is 0.216. The molecule has 1 aliphatic carbocycles. The van der Waals surface area contributed by atoms with E-state index in [1.165, 1.54) is 78.0 Å². The van der Waals surface area contributed by atoms with Crippen LogP contribution in [0.3, 0.4) is 0 Å². The minimum atomic E-state index is -0.0403. The predicted octanol–water partition coefficient (Wildman–Crippen LogP) is 12.3. The van der Waals surface area contributed by atoms with Crippen molar-refractivity contribution in [2.24, 2.45) is 5.41 Å². The zero-order chi connectivity index (χ0) is 37.6. The van der Waals surface area contributed by atoms with E-state index in [0.29, 0.717) is 0 Å². The summed E-state index contributed by atoms with van der Waals surface area (Å²) in [5.74, 6) is 0. The van der Waals surface area contributed by atoms with Crippen LogP contribution in [0.25, 0.3) is 22.8 Å². The molecule has 268 valence electrons. The molecule has 2 aliphatic heterocycles. The lowest BCUT2D eigenvalue weighted by Gasteiger charge is -2.42. The van der Waals surface area contributed by atoms with E-state index in [-0.39, 0.29) is 17.5 Å². The molecule has 0 amide bonds. The zero-order valence-electron chi connectivity index (χ0n) is 32.9. The SMILES string of the molecule is Cc1cc2c3c(c1)N(C1=CCCC=C1c1ccccc1)c1cc(C(C)(C)C)ccc1B3C(=C\Nc1ccccc1-c1ccccc1)/C=C\C(C(C)(C)C)=C/2. The van der Waals surface area contributed by atoms with E-state index < -0.39 is 0 Å². The van der Waals surface area contributed by atoms with Crippen molar-refractivity contribution >= 4 is 46.3 Å². The quantitative estimate of drug-likeness (QED) is 0.183. The van der Waals surface area contributed by atoms with Gasteiger partial charge in [-0.25, -0.2) is 0 Å². The largest absolute Gasteiger partial charge is 0.362 e. The Kier molecular flexibility index (Phi) is 9.22. The van der Waals surface area contributed by atoms with Crippen LogP contribution in [0, 0.1) is 12.3 Å². The van der Waals surface area contributed by atoms with E-state index in [1.807, 2.05) is 0 Å². The van der Waals surface area contributed by atoms with Gasteiger partial charge in [0.1, 0.15) is 0 Å². The molecule has 2 heterocycles. The summed E-state index contributed by atoms with van der Waals surface area (Å²) in [6.45, 7) is 16.2. The van der Waals surface area contributed by atoms with Gasteiger partial charge in [0.25, 0.3) is 0 Å². The topological polar surface area (TPSA) is 15.3 Å². The maximum absolute atomic E-state index is 3.84. The highest BCUT2D eigenvalue weighted by molar-refractivity contribution is 6.94. The Morgan fingerprint density at radius 3 is 2.07 bits per heavy atom. The predicted molar refractivity (Wildman–Crippen MR) is 235 cm³/mol. The number of rotatable bonds is 5.